The highest BCUT2D eigenvalue weighted by molar-refractivity contribution is 7.91. The number of nitrogens with one attached hydrogen (secondary N) is 2. The fourth-order valence-electron chi connectivity index (χ4n) is 5.08. The van der Waals surface area contributed by atoms with Crippen LogP contribution in [0, 0.1) is 0 Å². The van der Waals surface area contributed by atoms with E-state index in [1.165, 1.54) is 6.20 Å². The van der Waals surface area contributed by atoms with E-state index in [0.717, 1.165) is 61.5 Å². The molecule has 0 amide bonds. The minimum Gasteiger partial charge on any atom is -0.257 e. The zero-order chi connectivity index (χ0) is 21.8. The van der Waals surface area contributed by atoms with Gasteiger partial charge in [-0.2, -0.15) is 8.75 Å². The molecule has 0 unspecified atom stereocenters. The van der Waals surface area contributed by atoms with Crippen LogP contribution in [0.3, 0.4) is 0 Å². The molecule has 2 aliphatic rings. The molecule has 6 rings (SSSR count). The Morgan fingerprint density at radius 2 is 1.78 bits per heavy atom. The number of hydrazine groups is 1. The molecule has 32 heavy (non-hydrogen) atoms. The first-order valence-electron chi connectivity index (χ1n) is 10.8. The second-order valence-electron chi connectivity index (χ2n) is 8.67. The highest BCUT2D eigenvalue weighted by atomic mass is 32.2. The van der Waals surface area contributed by atoms with Gasteiger partial charge in [-0.1, -0.05) is 18.2 Å². The van der Waals surface area contributed by atoms with Crippen molar-refractivity contribution in [3.05, 3.63) is 48.2 Å². The van der Waals surface area contributed by atoms with E-state index in [9.17, 15) is 8.42 Å². The van der Waals surface area contributed by atoms with Crippen LogP contribution in [0.4, 0.5) is 0 Å². The van der Waals surface area contributed by atoms with E-state index in [1.54, 1.807) is 18.2 Å². The zero-order valence-corrected chi connectivity index (χ0v) is 18.9. The molecule has 0 radical (unpaired) electrons. The van der Waals surface area contributed by atoms with Gasteiger partial charge in [0.05, 0.1) is 29.0 Å². The van der Waals surface area contributed by atoms with Crippen molar-refractivity contribution in [2.45, 2.75) is 53.5 Å². The average Bonchev–Trinajstić information content (AvgIpc) is 3.48. The summed E-state index contributed by atoms with van der Waals surface area (Å²) >= 11 is 1.000. The Kier molecular flexibility index (Phi) is 4.72. The van der Waals surface area contributed by atoms with Crippen molar-refractivity contribution in [1.82, 2.24) is 29.6 Å². The summed E-state index contributed by atoms with van der Waals surface area (Å²) in [4.78, 5) is 9.24. The van der Waals surface area contributed by atoms with E-state index in [4.69, 9.17) is 0 Å². The minimum atomic E-state index is -3.88. The van der Waals surface area contributed by atoms with Crippen LogP contribution in [0.2, 0.25) is 0 Å². The lowest BCUT2D eigenvalue weighted by atomic mass is 9.73. The lowest BCUT2D eigenvalue weighted by Crippen LogP contribution is -2.46. The lowest BCUT2D eigenvalue weighted by Gasteiger charge is -2.37. The predicted octanol–water partition coefficient (Wildman–Crippen LogP) is 3.36. The molecule has 1 saturated heterocycles. The molecule has 1 saturated carbocycles. The SMILES string of the molecule is O=S(=O)(c1cnc2cccc(C3CCC4(CCNN4)CC3)c2n1)c1cccc2nsnc12. The Morgan fingerprint density at radius 3 is 2.59 bits per heavy atom. The third kappa shape index (κ3) is 3.21. The molecule has 2 aromatic carbocycles. The Balaban J connectivity index is 1.41. The quantitative estimate of drug-likeness (QED) is 0.473. The summed E-state index contributed by atoms with van der Waals surface area (Å²) in [7, 11) is -3.88. The van der Waals surface area contributed by atoms with Gasteiger partial charge in [-0.05, 0) is 61.8 Å². The van der Waals surface area contributed by atoms with Gasteiger partial charge < -0.3 is 0 Å². The van der Waals surface area contributed by atoms with Crippen molar-refractivity contribution in [2.24, 2.45) is 0 Å². The number of para-hydroxylation sites is 1. The maximum Gasteiger partial charge on any atom is 0.227 e. The number of hydrogen-bond acceptors (Lipinski definition) is 9. The number of fused-ring (bicyclic) bond motifs is 2. The minimum absolute atomic E-state index is 0.0492. The van der Waals surface area contributed by atoms with Crippen LogP contribution in [-0.4, -0.2) is 39.2 Å². The molecule has 8 nitrogen and oxygen atoms in total. The number of hydrogen-bond donors (Lipinski definition) is 2. The van der Waals surface area contributed by atoms with Crippen molar-refractivity contribution in [3.8, 4) is 0 Å². The van der Waals surface area contributed by atoms with Gasteiger partial charge >= 0.3 is 0 Å². The maximum absolute atomic E-state index is 13.5. The van der Waals surface area contributed by atoms with Gasteiger partial charge in [0.15, 0.2) is 5.03 Å². The van der Waals surface area contributed by atoms with Gasteiger partial charge in [0.25, 0.3) is 0 Å². The summed E-state index contributed by atoms with van der Waals surface area (Å²) in [6, 6.07) is 10.9. The summed E-state index contributed by atoms with van der Waals surface area (Å²) in [6.45, 7) is 1.01. The lowest BCUT2D eigenvalue weighted by molar-refractivity contribution is 0.235. The van der Waals surface area contributed by atoms with Gasteiger partial charge in [0, 0.05) is 12.1 Å². The molecule has 1 aliphatic carbocycles. The Hall–Kier alpha value is -2.53. The third-order valence-electron chi connectivity index (χ3n) is 6.86. The first-order valence-corrected chi connectivity index (χ1v) is 13.0. The second kappa shape index (κ2) is 7.51. The van der Waals surface area contributed by atoms with E-state index in [2.05, 4.69) is 35.6 Å². The predicted molar refractivity (Wildman–Crippen MR) is 122 cm³/mol. The van der Waals surface area contributed by atoms with Crippen LogP contribution in [0.5, 0.6) is 0 Å². The van der Waals surface area contributed by atoms with E-state index in [-0.39, 0.29) is 15.5 Å². The van der Waals surface area contributed by atoms with E-state index >= 15 is 0 Å². The molecule has 0 bridgehead atoms. The van der Waals surface area contributed by atoms with Gasteiger partial charge in [-0.3, -0.25) is 15.8 Å². The number of sulfone groups is 1. The van der Waals surface area contributed by atoms with Crippen LogP contribution < -0.4 is 10.9 Å². The van der Waals surface area contributed by atoms with Gasteiger partial charge in [-0.25, -0.2) is 13.4 Å². The van der Waals surface area contributed by atoms with Gasteiger partial charge in [-0.15, -0.1) is 0 Å². The van der Waals surface area contributed by atoms with Crippen molar-refractivity contribution >= 4 is 43.6 Å². The monoisotopic (exact) mass is 466 g/mol. The molecule has 10 heteroatoms. The Bertz CT molecular complexity index is 1420. The molecule has 2 aromatic heterocycles. The molecule has 2 N–H and O–H groups in total. The van der Waals surface area contributed by atoms with Crippen LogP contribution in [0.25, 0.3) is 22.1 Å². The normalized spacial score (nSPS) is 23.9. The fraction of sp³-hybridized carbons (Fsp3) is 0.364. The topological polar surface area (TPSA) is 110 Å². The van der Waals surface area contributed by atoms with Crippen LogP contribution >= 0.6 is 11.7 Å². The molecule has 1 spiro atoms. The number of rotatable bonds is 3. The van der Waals surface area contributed by atoms with E-state index in [0.29, 0.717) is 22.5 Å². The fourth-order valence-corrected chi connectivity index (χ4v) is 6.98. The zero-order valence-electron chi connectivity index (χ0n) is 17.3. The largest absolute Gasteiger partial charge is 0.257 e. The van der Waals surface area contributed by atoms with Crippen molar-refractivity contribution in [3.63, 3.8) is 0 Å². The number of nitrogens with zero attached hydrogens (tertiary/aromatic N) is 4. The highest BCUT2D eigenvalue weighted by Crippen LogP contribution is 2.42. The summed E-state index contributed by atoms with van der Waals surface area (Å²) < 4.78 is 35.3. The van der Waals surface area contributed by atoms with Crippen molar-refractivity contribution in [2.75, 3.05) is 6.54 Å². The van der Waals surface area contributed by atoms with Crippen molar-refractivity contribution < 1.29 is 8.42 Å². The molecular formula is C22H22N6O2S2. The smallest absolute Gasteiger partial charge is 0.227 e. The molecule has 4 aromatic rings. The van der Waals surface area contributed by atoms with Crippen molar-refractivity contribution in [1.29, 1.82) is 0 Å². The van der Waals surface area contributed by atoms with E-state index in [1.807, 2.05) is 12.1 Å². The molecule has 2 fully saturated rings. The molecular weight excluding hydrogens is 444 g/mol. The summed E-state index contributed by atoms with van der Waals surface area (Å²) in [5.41, 5.74) is 10.4. The van der Waals surface area contributed by atoms with Gasteiger partial charge in [0.1, 0.15) is 15.9 Å². The third-order valence-corrected chi connectivity index (χ3v) is 9.06. The van der Waals surface area contributed by atoms with Crippen LogP contribution in [-0.2, 0) is 9.84 Å². The summed E-state index contributed by atoms with van der Waals surface area (Å²) in [5, 5.41) is -0.0492. The Morgan fingerprint density at radius 1 is 0.969 bits per heavy atom. The van der Waals surface area contributed by atoms with Crippen LogP contribution in [0.1, 0.15) is 43.6 Å². The first kappa shape index (κ1) is 20.1. The Labute approximate surface area is 189 Å². The second-order valence-corrected chi connectivity index (χ2v) is 11.1. The standard InChI is InChI=1S/C22H22N6O2S2/c29-32(30,18-6-2-5-17-21(18)27-31-26-17)19-13-23-16-4-1-3-15(20(16)25-19)14-7-9-22(10-8-14)11-12-24-28-22/h1-6,13-14,24,28H,7-12H2. The number of aromatic nitrogens is 4. The van der Waals surface area contributed by atoms with Crippen LogP contribution in [0.15, 0.2) is 52.5 Å². The number of benzene rings is 2. The summed E-state index contributed by atoms with van der Waals surface area (Å²) in [5.74, 6) is 0.338. The van der Waals surface area contributed by atoms with Gasteiger partial charge in [0.2, 0.25) is 9.84 Å². The average molecular weight is 467 g/mol. The maximum atomic E-state index is 13.5. The molecule has 1 aliphatic heterocycles. The van der Waals surface area contributed by atoms with E-state index < -0.39 is 9.84 Å². The first-order chi connectivity index (χ1) is 15.6. The summed E-state index contributed by atoms with van der Waals surface area (Å²) in [6.07, 6.45) is 6.75. The molecule has 3 heterocycles. The highest BCUT2D eigenvalue weighted by Gasteiger charge is 2.38. The molecule has 0 atom stereocenters. The molecule has 164 valence electrons.